The van der Waals surface area contributed by atoms with E-state index in [1.165, 1.54) is 4.88 Å². The second-order valence-corrected chi connectivity index (χ2v) is 6.05. The lowest BCUT2D eigenvalue weighted by Crippen LogP contribution is -2.29. The Bertz CT molecular complexity index is 484. The molecular formula is C12H12BrClN2S. The predicted molar refractivity (Wildman–Crippen MR) is 77.2 cm³/mol. The van der Waals surface area contributed by atoms with E-state index in [2.05, 4.69) is 32.8 Å². The highest BCUT2D eigenvalue weighted by molar-refractivity contribution is 9.10. The Morgan fingerprint density at radius 2 is 2.06 bits per heavy atom. The van der Waals surface area contributed by atoms with Crippen LogP contribution < -0.4 is 11.3 Å². The molecule has 3 N–H and O–H groups in total. The molecule has 1 atom stereocenters. The standard InChI is InChI=1S/C12H12BrClN2S/c13-9-5-11(17-7-9)6-12(16-15)8-1-3-10(14)4-2-8/h1-5,7,12,16H,6,15H2. The highest BCUT2D eigenvalue weighted by Crippen LogP contribution is 2.25. The summed E-state index contributed by atoms with van der Waals surface area (Å²) in [5.74, 6) is 5.61. The molecule has 0 saturated carbocycles. The van der Waals surface area contributed by atoms with Gasteiger partial charge in [0.1, 0.15) is 0 Å². The molecular weight excluding hydrogens is 320 g/mol. The van der Waals surface area contributed by atoms with Crippen molar-refractivity contribution in [3.8, 4) is 0 Å². The van der Waals surface area contributed by atoms with Crippen molar-refractivity contribution in [2.75, 3.05) is 0 Å². The van der Waals surface area contributed by atoms with Crippen molar-refractivity contribution in [3.63, 3.8) is 0 Å². The SMILES string of the molecule is NNC(Cc1cc(Br)cs1)c1ccc(Cl)cc1. The quantitative estimate of drug-likeness (QED) is 0.658. The fourth-order valence-corrected chi connectivity index (χ4v) is 3.25. The summed E-state index contributed by atoms with van der Waals surface area (Å²) in [6.45, 7) is 0. The zero-order valence-electron chi connectivity index (χ0n) is 8.99. The van der Waals surface area contributed by atoms with Crippen LogP contribution >= 0.6 is 38.9 Å². The molecule has 90 valence electrons. The van der Waals surface area contributed by atoms with E-state index in [1.807, 2.05) is 24.3 Å². The maximum atomic E-state index is 5.87. The summed E-state index contributed by atoms with van der Waals surface area (Å²) in [6, 6.07) is 9.98. The van der Waals surface area contributed by atoms with Crippen molar-refractivity contribution < 1.29 is 0 Å². The maximum absolute atomic E-state index is 5.87. The van der Waals surface area contributed by atoms with Gasteiger partial charge >= 0.3 is 0 Å². The van der Waals surface area contributed by atoms with Gasteiger partial charge in [-0.3, -0.25) is 11.3 Å². The minimum Gasteiger partial charge on any atom is -0.271 e. The molecule has 1 aromatic carbocycles. The predicted octanol–water partition coefficient (Wildman–Crippen LogP) is 3.91. The fraction of sp³-hybridized carbons (Fsp3) is 0.167. The first kappa shape index (κ1) is 13.1. The van der Waals surface area contributed by atoms with Crippen LogP contribution in [0.4, 0.5) is 0 Å². The summed E-state index contributed by atoms with van der Waals surface area (Å²) in [7, 11) is 0. The zero-order valence-corrected chi connectivity index (χ0v) is 12.1. The van der Waals surface area contributed by atoms with Gasteiger partial charge in [0, 0.05) is 26.2 Å². The lowest BCUT2D eigenvalue weighted by molar-refractivity contribution is 0.555. The van der Waals surface area contributed by atoms with Crippen LogP contribution in [0.15, 0.2) is 40.2 Å². The molecule has 0 spiro atoms. The third-order valence-electron chi connectivity index (χ3n) is 2.50. The molecule has 17 heavy (non-hydrogen) atoms. The summed E-state index contributed by atoms with van der Waals surface area (Å²) in [4.78, 5) is 1.29. The Morgan fingerprint density at radius 1 is 1.35 bits per heavy atom. The van der Waals surface area contributed by atoms with E-state index in [0.29, 0.717) is 0 Å². The molecule has 1 unspecified atom stereocenters. The molecule has 0 bridgehead atoms. The summed E-state index contributed by atoms with van der Waals surface area (Å²) >= 11 is 11.0. The number of hydrogen-bond donors (Lipinski definition) is 2. The number of rotatable bonds is 4. The lowest BCUT2D eigenvalue weighted by Gasteiger charge is -2.15. The first-order valence-electron chi connectivity index (χ1n) is 5.13. The van der Waals surface area contributed by atoms with Gasteiger partial charge in [-0.1, -0.05) is 23.7 Å². The van der Waals surface area contributed by atoms with Crippen molar-refractivity contribution in [2.24, 2.45) is 5.84 Å². The van der Waals surface area contributed by atoms with Gasteiger partial charge in [0.15, 0.2) is 0 Å². The molecule has 0 aliphatic rings. The molecule has 5 heteroatoms. The Morgan fingerprint density at radius 3 is 2.59 bits per heavy atom. The van der Waals surface area contributed by atoms with Gasteiger partial charge in [0.05, 0.1) is 6.04 Å². The smallest absolute Gasteiger partial charge is 0.0508 e. The third kappa shape index (κ3) is 3.53. The van der Waals surface area contributed by atoms with Crippen molar-refractivity contribution in [2.45, 2.75) is 12.5 Å². The largest absolute Gasteiger partial charge is 0.271 e. The van der Waals surface area contributed by atoms with Crippen LogP contribution in [0.2, 0.25) is 5.02 Å². The maximum Gasteiger partial charge on any atom is 0.0508 e. The summed E-state index contributed by atoms with van der Waals surface area (Å²) in [6.07, 6.45) is 0.869. The number of nitrogens with one attached hydrogen (secondary N) is 1. The number of thiophene rings is 1. The summed E-state index contributed by atoms with van der Waals surface area (Å²) < 4.78 is 1.12. The van der Waals surface area contributed by atoms with Crippen LogP contribution in [-0.2, 0) is 6.42 Å². The number of hydrogen-bond acceptors (Lipinski definition) is 3. The van der Waals surface area contributed by atoms with E-state index >= 15 is 0 Å². The van der Waals surface area contributed by atoms with Crippen LogP contribution in [0, 0.1) is 0 Å². The van der Waals surface area contributed by atoms with Gasteiger partial charge in [0.2, 0.25) is 0 Å². The first-order valence-corrected chi connectivity index (χ1v) is 7.18. The Balaban J connectivity index is 2.13. The first-order chi connectivity index (χ1) is 8.19. The van der Waals surface area contributed by atoms with Gasteiger partial charge in [-0.05, 0) is 39.7 Å². The van der Waals surface area contributed by atoms with Gasteiger partial charge in [-0.25, -0.2) is 0 Å². The Labute approximate surface area is 118 Å². The third-order valence-corrected chi connectivity index (χ3v) is 4.47. The highest BCUT2D eigenvalue weighted by atomic mass is 79.9. The molecule has 1 aromatic heterocycles. The van der Waals surface area contributed by atoms with Crippen molar-refractivity contribution in [3.05, 3.63) is 55.6 Å². The van der Waals surface area contributed by atoms with E-state index in [1.54, 1.807) is 11.3 Å². The summed E-state index contributed by atoms with van der Waals surface area (Å²) in [5.41, 5.74) is 3.98. The normalized spacial score (nSPS) is 12.6. The minimum absolute atomic E-state index is 0.109. The monoisotopic (exact) mass is 330 g/mol. The molecule has 1 heterocycles. The van der Waals surface area contributed by atoms with Crippen LogP contribution in [0.3, 0.4) is 0 Å². The van der Waals surface area contributed by atoms with Gasteiger partial charge in [-0.2, -0.15) is 0 Å². The highest BCUT2D eigenvalue weighted by Gasteiger charge is 2.11. The molecule has 0 aliphatic heterocycles. The van der Waals surface area contributed by atoms with E-state index < -0.39 is 0 Å². The van der Waals surface area contributed by atoms with E-state index in [0.717, 1.165) is 21.5 Å². The second kappa shape index (κ2) is 5.98. The fourth-order valence-electron chi connectivity index (χ4n) is 1.63. The molecule has 0 fully saturated rings. The molecule has 0 amide bonds. The molecule has 2 nitrogen and oxygen atoms in total. The van der Waals surface area contributed by atoms with E-state index in [4.69, 9.17) is 17.4 Å². The molecule has 2 rings (SSSR count). The number of hydrazine groups is 1. The number of benzene rings is 1. The van der Waals surface area contributed by atoms with Crippen LogP contribution in [0.25, 0.3) is 0 Å². The molecule has 0 radical (unpaired) electrons. The van der Waals surface area contributed by atoms with Crippen LogP contribution in [-0.4, -0.2) is 0 Å². The topological polar surface area (TPSA) is 38.0 Å². The number of halogens is 2. The number of nitrogens with two attached hydrogens (primary N) is 1. The van der Waals surface area contributed by atoms with Gasteiger partial charge < -0.3 is 0 Å². The van der Waals surface area contributed by atoms with Crippen LogP contribution in [0.1, 0.15) is 16.5 Å². The Kier molecular flexibility index (Phi) is 4.59. The lowest BCUT2D eigenvalue weighted by atomic mass is 10.0. The van der Waals surface area contributed by atoms with Gasteiger partial charge in [0.25, 0.3) is 0 Å². The molecule has 0 saturated heterocycles. The average Bonchev–Trinajstić information content (AvgIpc) is 2.73. The van der Waals surface area contributed by atoms with Crippen LogP contribution in [0.5, 0.6) is 0 Å². The van der Waals surface area contributed by atoms with Crippen molar-refractivity contribution in [1.29, 1.82) is 0 Å². The van der Waals surface area contributed by atoms with E-state index in [-0.39, 0.29) is 6.04 Å². The molecule has 2 aromatic rings. The Hall–Kier alpha value is -0.390. The zero-order chi connectivity index (χ0) is 12.3. The molecule has 0 aliphatic carbocycles. The average molecular weight is 332 g/mol. The minimum atomic E-state index is 0.109. The van der Waals surface area contributed by atoms with Gasteiger partial charge in [-0.15, -0.1) is 11.3 Å². The second-order valence-electron chi connectivity index (χ2n) is 3.71. The summed E-state index contributed by atoms with van der Waals surface area (Å²) in [5, 5.41) is 2.81. The van der Waals surface area contributed by atoms with Crippen molar-refractivity contribution >= 4 is 38.9 Å². The van der Waals surface area contributed by atoms with Crippen molar-refractivity contribution in [1.82, 2.24) is 5.43 Å². The van der Waals surface area contributed by atoms with E-state index in [9.17, 15) is 0 Å².